The Morgan fingerprint density at radius 2 is 0.887 bits per heavy atom. The number of phosphoric acid groups is 1. The van der Waals surface area contributed by atoms with Crippen LogP contribution >= 0.6 is 7.82 Å². The Kier molecular flexibility index (Phi) is 44.6. The first-order valence-electron chi connectivity index (χ1n) is 23.9. The van der Waals surface area contributed by atoms with Gasteiger partial charge in [-0.2, -0.15) is 0 Å². The third kappa shape index (κ3) is 46.2. The van der Waals surface area contributed by atoms with Gasteiger partial charge in [-0.15, -0.1) is 0 Å². The molecule has 2 unspecified atom stereocenters. The molecule has 0 aliphatic carbocycles. The van der Waals surface area contributed by atoms with Crippen molar-refractivity contribution in [3.63, 3.8) is 0 Å². The molecular weight excluding hydrogens is 798 g/mol. The standard InChI is InChI=1S/C52H86NO8P/c1-3-5-7-9-11-13-15-16-17-18-19-20-21-22-23-24-25-26-27-28-29-30-31-32-33-34-35-37-39-41-43-45-52(55)61-50(49-60-62(56,57)59-47-46-53)48-58-51(54)44-42-40-38-36-14-12-10-8-6-4-2/h5,7,11,13,16-17,19-20,22-23,25-26,28-29,31-32,34-35,50H,3-4,6,8-10,12,14-15,18,21,24,27,30,33,36-49,53H2,1-2H3,(H,56,57)/b7-5-,13-11-,17-16-,20-19-,23-22-,26-25-,29-28-,32-31-,35-34-. The fourth-order valence-electron chi connectivity index (χ4n) is 5.92. The highest BCUT2D eigenvalue weighted by Crippen LogP contribution is 2.43. The van der Waals surface area contributed by atoms with Gasteiger partial charge in [0.2, 0.25) is 0 Å². The summed E-state index contributed by atoms with van der Waals surface area (Å²) in [5.74, 6) is -0.877. The smallest absolute Gasteiger partial charge is 0.462 e. The number of ether oxygens (including phenoxy) is 2. The van der Waals surface area contributed by atoms with Crippen LogP contribution in [-0.4, -0.2) is 49.3 Å². The molecule has 0 rings (SSSR count). The van der Waals surface area contributed by atoms with Crippen LogP contribution in [0.5, 0.6) is 0 Å². The zero-order chi connectivity index (χ0) is 45.3. The lowest BCUT2D eigenvalue weighted by molar-refractivity contribution is -0.161. The molecule has 0 aliphatic heterocycles. The van der Waals surface area contributed by atoms with Gasteiger partial charge in [0.1, 0.15) is 6.61 Å². The first kappa shape index (κ1) is 58.7. The summed E-state index contributed by atoms with van der Waals surface area (Å²) in [4.78, 5) is 34.8. The van der Waals surface area contributed by atoms with Crippen molar-refractivity contribution in [2.24, 2.45) is 5.73 Å². The minimum atomic E-state index is -4.39. The number of hydrogen-bond donors (Lipinski definition) is 2. The van der Waals surface area contributed by atoms with Crippen LogP contribution < -0.4 is 5.73 Å². The Morgan fingerprint density at radius 1 is 0.500 bits per heavy atom. The summed E-state index contributed by atoms with van der Waals surface area (Å²) in [5.41, 5.74) is 5.34. The van der Waals surface area contributed by atoms with Gasteiger partial charge in [0, 0.05) is 19.4 Å². The van der Waals surface area contributed by atoms with E-state index in [2.05, 4.69) is 123 Å². The van der Waals surface area contributed by atoms with Gasteiger partial charge in [-0.1, -0.05) is 187 Å². The molecule has 352 valence electrons. The number of unbranched alkanes of at least 4 members (excludes halogenated alkanes) is 12. The summed E-state index contributed by atoms with van der Waals surface area (Å²) in [5, 5.41) is 0. The number of hydrogen-bond acceptors (Lipinski definition) is 8. The van der Waals surface area contributed by atoms with Gasteiger partial charge < -0.3 is 20.1 Å². The van der Waals surface area contributed by atoms with Crippen molar-refractivity contribution in [1.29, 1.82) is 0 Å². The lowest BCUT2D eigenvalue weighted by Gasteiger charge is -2.19. The Bertz CT molecular complexity index is 1380. The number of nitrogens with two attached hydrogens (primary N) is 1. The number of carbonyl (C=O) groups is 2. The van der Waals surface area contributed by atoms with Crippen LogP contribution in [0.1, 0.15) is 174 Å². The van der Waals surface area contributed by atoms with E-state index in [1.807, 2.05) is 0 Å². The quantitative estimate of drug-likeness (QED) is 0.0266. The van der Waals surface area contributed by atoms with Gasteiger partial charge in [0.25, 0.3) is 0 Å². The molecule has 10 heteroatoms. The average molecular weight is 884 g/mol. The molecular formula is C52H86NO8P. The summed E-state index contributed by atoms with van der Waals surface area (Å²) >= 11 is 0. The lowest BCUT2D eigenvalue weighted by Crippen LogP contribution is -2.29. The van der Waals surface area contributed by atoms with E-state index in [4.69, 9.17) is 24.3 Å². The van der Waals surface area contributed by atoms with E-state index in [-0.39, 0.29) is 32.6 Å². The minimum Gasteiger partial charge on any atom is -0.462 e. The van der Waals surface area contributed by atoms with E-state index in [1.54, 1.807) is 0 Å². The molecule has 2 atom stereocenters. The first-order valence-corrected chi connectivity index (χ1v) is 25.4. The topological polar surface area (TPSA) is 134 Å². The summed E-state index contributed by atoms with van der Waals surface area (Å²) in [6.45, 7) is 3.54. The normalized spacial score (nSPS) is 14.2. The van der Waals surface area contributed by atoms with Crippen molar-refractivity contribution in [2.75, 3.05) is 26.4 Å². The fraction of sp³-hybridized carbons (Fsp3) is 0.615. The molecule has 0 radical (unpaired) electrons. The van der Waals surface area contributed by atoms with E-state index < -0.39 is 32.5 Å². The highest BCUT2D eigenvalue weighted by Gasteiger charge is 2.26. The predicted molar refractivity (Wildman–Crippen MR) is 261 cm³/mol. The molecule has 0 saturated heterocycles. The summed E-state index contributed by atoms with van der Waals surface area (Å²) < 4.78 is 32.7. The zero-order valence-corrected chi connectivity index (χ0v) is 39.7. The van der Waals surface area contributed by atoms with Gasteiger partial charge in [-0.05, 0) is 83.5 Å². The number of phosphoric ester groups is 1. The molecule has 9 nitrogen and oxygen atoms in total. The third-order valence-corrected chi connectivity index (χ3v) is 10.4. The van der Waals surface area contributed by atoms with E-state index in [9.17, 15) is 19.0 Å². The van der Waals surface area contributed by atoms with Gasteiger partial charge in [0.15, 0.2) is 6.10 Å². The Hall–Kier alpha value is -3.33. The second-order valence-electron chi connectivity index (χ2n) is 15.2. The number of esters is 2. The number of carbonyl (C=O) groups excluding carboxylic acids is 2. The highest BCUT2D eigenvalue weighted by atomic mass is 31.2. The van der Waals surface area contributed by atoms with E-state index in [1.165, 1.54) is 44.9 Å². The molecule has 3 N–H and O–H groups in total. The van der Waals surface area contributed by atoms with Crippen LogP contribution in [0.2, 0.25) is 0 Å². The van der Waals surface area contributed by atoms with E-state index in [0.29, 0.717) is 6.42 Å². The van der Waals surface area contributed by atoms with Crippen molar-refractivity contribution in [2.45, 2.75) is 180 Å². The summed E-state index contributed by atoms with van der Waals surface area (Å²) in [7, 11) is -4.39. The van der Waals surface area contributed by atoms with Crippen LogP contribution in [0, 0.1) is 0 Å². The SMILES string of the molecule is CC/C=C\C/C=C\C/C=C\C/C=C\C/C=C\C/C=C\C/C=C\C/C=C\C/C=C\CCCCCC(=O)OC(COC(=O)CCCCCCCCCCCC)COP(=O)(O)OCCN. The van der Waals surface area contributed by atoms with Crippen molar-refractivity contribution in [1.82, 2.24) is 0 Å². The Labute approximate surface area is 378 Å². The molecule has 0 amide bonds. The monoisotopic (exact) mass is 884 g/mol. The number of rotatable bonds is 43. The molecule has 0 spiro atoms. The maximum Gasteiger partial charge on any atom is 0.472 e. The molecule has 0 heterocycles. The Balaban J connectivity index is 4.14. The zero-order valence-electron chi connectivity index (χ0n) is 38.8. The summed E-state index contributed by atoms with van der Waals surface area (Å²) in [6, 6.07) is 0. The van der Waals surface area contributed by atoms with Crippen LogP contribution in [0.15, 0.2) is 109 Å². The molecule has 62 heavy (non-hydrogen) atoms. The third-order valence-electron chi connectivity index (χ3n) is 9.42. The summed E-state index contributed by atoms with van der Waals surface area (Å²) in [6.07, 6.45) is 62.8. The van der Waals surface area contributed by atoms with Crippen molar-refractivity contribution in [3.8, 4) is 0 Å². The Morgan fingerprint density at radius 3 is 1.32 bits per heavy atom. The average Bonchev–Trinajstić information content (AvgIpc) is 3.26. The molecule has 0 aromatic rings. The maximum absolute atomic E-state index is 12.6. The van der Waals surface area contributed by atoms with Gasteiger partial charge >= 0.3 is 19.8 Å². The molecule has 0 fully saturated rings. The van der Waals surface area contributed by atoms with Crippen molar-refractivity contribution in [3.05, 3.63) is 109 Å². The molecule has 0 saturated carbocycles. The van der Waals surface area contributed by atoms with Crippen LogP contribution in [0.25, 0.3) is 0 Å². The number of allylic oxidation sites excluding steroid dienone is 18. The molecule has 0 aliphatic rings. The molecule has 0 aromatic carbocycles. The first-order chi connectivity index (χ1) is 30.3. The lowest BCUT2D eigenvalue weighted by atomic mass is 10.1. The largest absolute Gasteiger partial charge is 0.472 e. The second kappa shape index (κ2) is 47.2. The van der Waals surface area contributed by atoms with Gasteiger partial charge in [-0.25, -0.2) is 4.57 Å². The fourth-order valence-corrected chi connectivity index (χ4v) is 6.68. The highest BCUT2D eigenvalue weighted by molar-refractivity contribution is 7.47. The maximum atomic E-state index is 12.6. The van der Waals surface area contributed by atoms with Crippen molar-refractivity contribution >= 4 is 19.8 Å². The molecule has 0 aromatic heterocycles. The second-order valence-corrected chi connectivity index (χ2v) is 16.7. The van der Waals surface area contributed by atoms with Gasteiger partial charge in [-0.3, -0.25) is 18.6 Å². The van der Waals surface area contributed by atoms with Gasteiger partial charge in [0.05, 0.1) is 13.2 Å². The van der Waals surface area contributed by atoms with Crippen molar-refractivity contribution < 1.29 is 37.6 Å². The van der Waals surface area contributed by atoms with E-state index >= 15 is 0 Å². The van der Waals surface area contributed by atoms with Crippen LogP contribution in [0.4, 0.5) is 0 Å². The van der Waals surface area contributed by atoms with Crippen LogP contribution in [0.3, 0.4) is 0 Å². The predicted octanol–water partition coefficient (Wildman–Crippen LogP) is 14.3. The minimum absolute atomic E-state index is 0.0425. The van der Waals surface area contributed by atoms with E-state index in [0.717, 1.165) is 96.3 Å². The van der Waals surface area contributed by atoms with Crippen LogP contribution in [-0.2, 0) is 32.7 Å². The molecule has 0 bridgehead atoms.